The van der Waals surface area contributed by atoms with E-state index in [0.717, 1.165) is 5.16 Å². The predicted molar refractivity (Wildman–Crippen MR) is 39.4 cm³/mol. The molecule has 0 bridgehead atoms. The first-order valence-electron chi connectivity index (χ1n) is 2.57. The van der Waals surface area contributed by atoms with Gasteiger partial charge >= 0.3 is 0 Å². The van der Waals surface area contributed by atoms with Crippen molar-refractivity contribution in [2.75, 3.05) is 12.0 Å². The topological polar surface area (TPSA) is 43.8 Å². The Labute approximate surface area is 58.3 Å². The van der Waals surface area contributed by atoms with Gasteiger partial charge in [0.25, 0.3) is 0 Å². The fourth-order valence-corrected chi connectivity index (χ4v) is 1.13. The van der Waals surface area contributed by atoms with E-state index in [2.05, 4.69) is 4.98 Å². The summed E-state index contributed by atoms with van der Waals surface area (Å²) in [7, 11) is 1.90. The van der Waals surface area contributed by atoms with Crippen LogP contribution in [-0.2, 0) is 7.05 Å². The zero-order valence-corrected chi connectivity index (χ0v) is 6.27. The zero-order valence-electron chi connectivity index (χ0n) is 5.46. The maximum atomic E-state index is 5.50. The lowest BCUT2D eigenvalue weighted by Crippen LogP contribution is -1.96. The number of nitrogen functional groups attached to an aromatic ring is 1. The van der Waals surface area contributed by atoms with Gasteiger partial charge in [0.1, 0.15) is 5.82 Å². The summed E-state index contributed by atoms with van der Waals surface area (Å²) in [6.07, 6.45) is 3.63. The number of nitrogens with zero attached hydrogens (tertiary/aromatic N) is 2. The first-order valence-corrected chi connectivity index (χ1v) is 3.79. The van der Waals surface area contributed by atoms with Crippen LogP contribution in [0.4, 0.5) is 5.82 Å². The predicted octanol–water partition coefficient (Wildman–Crippen LogP) is 0.724. The Balaban J connectivity index is 3.04. The Hall–Kier alpha value is -0.640. The highest BCUT2D eigenvalue weighted by molar-refractivity contribution is 7.98. The van der Waals surface area contributed by atoms with Crippen LogP contribution in [0, 0.1) is 0 Å². The lowest BCUT2D eigenvalue weighted by atomic mass is 10.8. The molecule has 0 saturated carbocycles. The van der Waals surface area contributed by atoms with Crippen LogP contribution in [0.3, 0.4) is 0 Å². The van der Waals surface area contributed by atoms with E-state index in [9.17, 15) is 0 Å². The van der Waals surface area contributed by atoms with Gasteiger partial charge in [0.2, 0.25) is 0 Å². The monoisotopic (exact) mass is 143 g/mol. The molecule has 2 N–H and O–H groups in total. The van der Waals surface area contributed by atoms with Crippen LogP contribution in [-0.4, -0.2) is 15.8 Å². The summed E-state index contributed by atoms with van der Waals surface area (Å²) in [5.74, 6) is 0.708. The van der Waals surface area contributed by atoms with Crippen molar-refractivity contribution in [3.8, 4) is 0 Å². The summed E-state index contributed by atoms with van der Waals surface area (Å²) in [6, 6.07) is 0. The SMILES string of the molecule is CSc1ncc(N)n1C. The van der Waals surface area contributed by atoms with E-state index in [4.69, 9.17) is 5.73 Å². The molecule has 3 nitrogen and oxygen atoms in total. The van der Waals surface area contributed by atoms with Crippen molar-refractivity contribution in [3.63, 3.8) is 0 Å². The molecule has 0 saturated heterocycles. The lowest BCUT2D eigenvalue weighted by Gasteiger charge is -1.96. The number of imidazole rings is 1. The molecule has 0 unspecified atom stereocenters. The molecular formula is C5H9N3S. The molecule has 4 heteroatoms. The third-order valence-electron chi connectivity index (χ3n) is 1.16. The van der Waals surface area contributed by atoms with Gasteiger partial charge < -0.3 is 10.3 Å². The normalized spacial score (nSPS) is 10.0. The second kappa shape index (κ2) is 2.31. The Morgan fingerprint density at radius 2 is 2.44 bits per heavy atom. The highest BCUT2D eigenvalue weighted by atomic mass is 32.2. The average molecular weight is 143 g/mol. The molecule has 50 valence electrons. The third-order valence-corrected chi connectivity index (χ3v) is 1.91. The van der Waals surface area contributed by atoms with Crippen LogP contribution in [0.2, 0.25) is 0 Å². The highest BCUT2D eigenvalue weighted by Gasteiger charge is 1.98. The van der Waals surface area contributed by atoms with Crippen molar-refractivity contribution in [2.24, 2.45) is 7.05 Å². The lowest BCUT2D eigenvalue weighted by molar-refractivity contribution is 0.801. The van der Waals surface area contributed by atoms with E-state index in [1.807, 2.05) is 17.9 Å². The van der Waals surface area contributed by atoms with Gasteiger partial charge in [0, 0.05) is 7.05 Å². The van der Waals surface area contributed by atoms with Crippen LogP contribution >= 0.6 is 11.8 Å². The Morgan fingerprint density at radius 1 is 1.78 bits per heavy atom. The van der Waals surface area contributed by atoms with Crippen molar-refractivity contribution < 1.29 is 0 Å². The second-order valence-corrected chi connectivity index (χ2v) is 2.50. The Kier molecular flexibility index (Phi) is 1.66. The minimum atomic E-state index is 0.708. The standard InChI is InChI=1S/C5H9N3S/c1-8-4(6)3-7-5(8)9-2/h3H,6H2,1-2H3. The van der Waals surface area contributed by atoms with Gasteiger partial charge in [0.05, 0.1) is 6.20 Å². The number of anilines is 1. The molecule has 0 aliphatic rings. The minimum absolute atomic E-state index is 0.708. The molecule has 1 heterocycles. The number of aromatic nitrogens is 2. The summed E-state index contributed by atoms with van der Waals surface area (Å²) < 4.78 is 1.85. The summed E-state index contributed by atoms with van der Waals surface area (Å²) >= 11 is 1.59. The van der Waals surface area contributed by atoms with Gasteiger partial charge in [0.15, 0.2) is 5.16 Å². The number of hydrogen-bond donors (Lipinski definition) is 1. The van der Waals surface area contributed by atoms with Gasteiger partial charge in [-0.05, 0) is 6.26 Å². The van der Waals surface area contributed by atoms with Gasteiger partial charge in [-0.1, -0.05) is 11.8 Å². The zero-order chi connectivity index (χ0) is 6.85. The van der Waals surface area contributed by atoms with Crippen LogP contribution in [0.25, 0.3) is 0 Å². The van der Waals surface area contributed by atoms with E-state index >= 15 is 0 Å². The fraction of sp³-hybridized carbons (Fsp3) is 0.400. The maximum absolute atomic E-state index is 5.50. The summed E-state index contributed by atoms with van der Waals surface area (Å²) in [5, 5.41) is 0.951. The molecule has 0 aliphatic carbocycles. The van der Waals surface area contributed by atoms with Crippen molar-refractivity contribution in [1.29, 1.82) is 0 Å². The molecule has 0 fully saturated rings. The van der Waals surface area contributed by atoms with Gasteiger partial charge in [-0.15, -0.1) is 0 Å². The molecule has 0 spiro atoms. The molecule has 1 aromatic rings. The maximum Gasteiger partial charge on any atom is 0.169 e. The number of hydrogen-bond acceptors (Lipinski definition) is 3. The van der Waals surface area contributed by atoms with Gasteiger partial charge in [-0.3, -0.25) is 0 Å². The van der Waals surface area contributed by atoms with Crippen molar-refractivity contribution in [1.82, 2.24) is 9.55 Å². The van der Waals surface area contributed by atoms with E-state index < -0.39 is 0 Å². The summed E-state index contributed by atoms with van der Waals surface area (Å²) in [6.45, 7) is 0. The number of thioether (sulfide) groups is 1. The van der Waals surface area contributed by atoms with Crippen LogP contribution in [0.15, 0.2) is 11.4 Å². The number of rotatable bonds is 1. The first kappa shape index (κ1) is 6.48. The van der Waals surface area contributed by atoms with E-state index in [1.54, 1.807) is 18.0 Å². The van der Waals surface area contributed by atoms with Crippen LogP contribution < -0.4 is 5.73 Å². The first-order chi connectivity index (χ1) is 4.25. The average Bonchev–Trinajstić information content (AvgIpc) is 2.15. The Bertz CT molecular complexity index is 206. The molecular weight excluding hydrogens is 134 g/mol. The molecule has 0 aliphatic heterocycles. The highest BCUT2D eigenvalue weighted by Crippen LogP contribution is 2.13. The molecule has 9 heavy (non-hydrogen) atoms. The van der Waals surface area contributed by atoms with Crippen molar-refractivity contribution in [3.05, 3.63) is 6.20 Å². The minimum Gasteiger partial charge on any atom is -0.384 e. The van der Waals surface area contributed by atoms with Gasteiger partial charge in [-0.2, -0.15) is 0 Å². The molecule has 0 aromatic carbocycles. The van der Waals surface area contributed by atoms with Crippen LogP contribution in [0.1, 0.15) is 0 Å². The van der Waals surface area contributed by atoms with Gasteiger partial charge in [-0.25, -0.2) is 4.98 Å². The van der Waals surface area contributed by atoms with Crippen LogP contribution in [0.5, 0.6) is 0 Å². The van der Waals surface area contributed by atoms with E-state index in [1.165, 1.54) is 0 Å². The molecule has 1 aromatic heterocycles. The van der Waals surface area contributed by atoms with E-state index in [-0.39, 0.29) is 0 Å². The smallest absolute Gasteiger partial charge is 0.169 e. The number of nitrogens with two attached hydrogens (primary N) is 1. The largest absolute Gasteiger partial charge is 0.384 e. The fourth-order valence-electron chi connectivity index (χ4n) is 0.595. The summed E-state index contributed by atoms with van der Waals surface area (Å²) in [4.78, 5) is 4.03. The third kappa shape index (κ3) is 1.03. The quantitative estimate of drug-likeness (QED) is 0.589. The molecule has 0 radical (unpaired) electrons. The van der Waals surface area contributed by atoms with Crippen molar-refractivity contribution >= 4 is 17.6 Å². The molecule has 0 atom stereocenters. The summed E-state index contributed by atoms with van der Waals surface area (Å²) in [5.41, 5.74) is 5.50. The molecule has 1 rings (SSSR count). The van der Waals surface area contributed by atoms with E-state index in [0.29, 0.717) is 5.82 Å². The van der Waals surface area contributed by atoms with Crippen molar-refractivity contribution in [2.45, 2.75) is 5.16 Å². The molecule has 0 amide bonds. The second-order valence-electron chi connectivity index (χ2n) is 1.73. The Morgan fingerprint density at radius 3 is 2.67 bits per heavy atom.